The number of aromatic nitrogens is 2. The summed E-state index contributed by atoms with van der Waals surface area (Å²) >= 11 is 0. The van der Waals surface area contributed by atoms with Gasteiger partial charge in [0.2, 0.25) is 0 Å². The molecule has 0 bridgehead atoms. The summed E-state index contributed by atoms with van der Waals surface area (Å²) in [7, 11) is 0. The van der Waals surface area contributed by atoms with E-state index in [1.54, 1.807) is 29.7 Å². The van der Waals surface area contributed by atoms with Crippen LogP contribution in [-0.2, 0) is 9.59 Å². The molecule has 3 heterocycles. The van der Waals surface area contributed by atoms with Crippen molar-refractivity contribution in [2.24, 2.45) is 0 Å². The number of nitro benzene ring substituents is 1. The number of ketones is 1. The topological polar surface area (TPSA) is 121 Å². The van der Waals surface area contributed by atoms with Gasteiger partial charge in [-0.25, -0.2) is 4.98 Å². The second kappa shape index (κ2) is 10.3. The minimum Gasteiger partial charge on any atom is -0.505 e. The van der Waals surface area contributed by atoms with Gasteiger partial charge in [-0.1, -0.05) is 19.9 Å². The van der Waals surface area contributed by atoms with Crippen molar-refractivity contribution in [3.05, 3.63) is 81.3 Å². The monoisotopic (exact) mass is 491 g/mol. The van der Waals surface area contributed by atoms with E-state index >= 15 is 0 Å². The van der Waals surface area contributed by atoms with Crippen LogP contribution in [-0.4, -0.2) is 67.1 Å². The van der Waals surface area contributed by atoms with Crippen molar-refractivity contribution in [2.45, 2.75) is 33.2 Å². The fraction of sp³-hybridized carbons (Fsp3) is 0.346. The Labute approximate surface area is 208 Å². The van der Waals surface area contributed by atoms with Gasteiger partial charge in [-0.2, -0.15) is 0 Å². The van der Waals surface area contributed by atoms with E-state index in [2.05, 4.69) is 23.7 Å². The third-order valence-corrected chi connectivity index (χ3v) is 6.66. The zero-order valence-electron chi connectivity index (χ0n) is 20.5. The van der Waals surface area contributed by atoms with Crippen LogP contribution in [0.5, 0.6) is 0 Å². The van der Waals surface area contributed by atoms with Crippen LogP contribution in [0.25, 0.3) is 11.4 Å². The molecule has 0 spiro atoms. The van der Waals surface area contributed by atoms with E-state index in [9.17, 15) is 24.8 Å². The minimum atomic E-state index is -0.879. The molecule has 0 unspecified atom stereocenters. The number of Topliss-reactive ketones (excluding diaryl/α,β-unsaturated/α-hetero) is 1. The molecule has 4 rings (SSSR count). The van der Waals surface area contributed by atoms with Crippen LogP contribution >= 0.6 is 0 Å². The molecule has 0 saturated carbocycles. The Morgan fingerprint density at radius 3 is 2.47 bits per heavy atom. The molecule has 36 heavy (non-hydrogen) atoms. The number of hydrogen-bond donors (Lipinski definition) is 1. The molecule has 3 aromatic rings. The molecule has 1 atom stereocenters. The number of pyridine rings is 1. The lowest BCUT2D eigenvalue weighted by Crippen LogP contribution is -2.33. The van der Waals surface area contributed by atoms with Crippen LogP contribution in [0, 0.1) is 17.0 Å². The summed E-state index contributed by atoms with van der Waals surface area (Å²) in [5.41, 5.74) is 1.79. The van der Waals surface area contributed by atoms with Gasteiger partial charge in [0, 0.05) is 24.9 Å². The number of aliphatic hydroxyl groups excluding tert-OH is 1. The van der Waals surface area contributed by atoms with E-state index in [1.165, 1.54) is 29.2 Å². The summed E-state index contributed by atoms with van der Waals surface area (Å²) in [6.07, 6.45) is 2.36. The maximum atomic E-state index is 13.3. The molecule has 2 aromatic heterocycles. The van der Waals surface area contributed by atoms with Crippen molar-refractivity contribution in [1.82, 2.24) is 19.2 Å². The first-order valence-corrected chi connectivity index (χ1v) is 12.0. The highest BCUT2D eigenvalue weighted by Gasteiger charge is 2.46. The molecule has 1 saturated heterocycles. The highest BCUT2D eigenvalue weighted by molar-refractivity contribution is 6.46. The summed E-state index contributed by atoms with van der Waals surface area (Å²) < 4.78 is 1.67. The predicted molar refractivity (Wildman–Crippen MR) is 134 cm³/mol. The summed E-state index contributed by atoms with van der Waals surface area (Å²) in [5.74, 6) is -1.81. The first-order chi connectivity index (χ1) is 17.3. The van der Waals surface area contributed by atoms with Gasteiger partial charge in [-0.15, -0.1) is 0 Å². The number of aliphatic hydroxyl groups is 1. The predicted octanol–water partition coefficient (Wildman–Crippen LogP) is 3.70. The number of benzene rings is 1. The number of fused-ring (bicyclic) bond motifs is 1. The quantitative estimate of drug-likeness (QED) is 0.159. The molecule has 1 aliphatic heterocycles. The van der Waals surface area contributed by atoms with Gasteiger partial charge in [0.25, 0.3) is 17.4 Å². The zero-order valence-corrected chi connectivity index (χ0v) is 20.5. The van der Waals surface area contributed by atoms with Crippen molar-refractivity contribution < 1.29 is 19.6 Å². The number of amides is 1. The summed E-state index contributed by atoms with van der Waals surface area (Å²) in [6, 6.07) is 10.2. The first kappa shape index (κ1) is 25.1. The Bertz CT molecular complexity index is 1340. The second-order valence-corrected chi connectivity index (χ2v) is 8.70. The Balaban J connectivity index is 1.82. The Kier molecular flexibility index (Phi) is 7.16. The van der Waals surface area contributed by atoms with E-state index < -0.39 is 22.7 Å². The van der Waals surface area contributed by atoms with Crippen LogP contribution in [0.3, 0.4) is 0 Å². The Morgan fingerprint density at radius 2 is 1.83 bits per heavy atom. The molecular formula is C26H29N5O5. The lowest BCUT2D eigenvalue weighted by Gasteiger charge is -2.26. The van der Waals surface area contributed by atoms with Crippen molar-refractivity contribution >= 4 is 28.8 Å². The van der Waals surface area contributed by atoms with Crippen LogP contribution < -0.4 is 0 Å². The van der Waals surface area contributed by atoms with Crippen LogP contribution in [0.2, 0.25) is 0 Å². The van der Waals surface area contributed by atoms with Gasteiger partial charge < -0.3 is 14.9 Å². The molecule has 0 radical (unpaired) electrons. The molecule has 10 heteroatoms. The number of carbonyl (C=O) groups is 2. The number of carbonyl (C=O) groups excluding carboxylic acids is 2. The lowest BCUT2D eigenvalue weighted by atomic mass is 9.96. The van der Waals surface area contributed by atoms with Gasteiger partial charge in [-0.05, 0) is 62.8 Å². The standard InChI is InChI=1S/C26H29N5O5/c1-4-28(5-2)14-8-16-30-23(18-10-12-19(13-11-18)31(35)36)21(25(33)26(30)34)24(32)22-17(3)27-20-9-6-7-15-29(20)22/h6-7,9-13,15,23,32H,4-5,8,14,16H2,1-3H3/b24-21+/t23-/m1/s1. The second-order valence-electron chi connectivity index (χ2n) is 8.70. The zero-order chi connectivity index (χ0) is 26.0. The van der Waals surface area contributed by atoms with Crippen LogP contribution in [0.1, 0.15) is 43.3 Å². The third kappa shape index (κ3) is 4.47. The summed E-state index contributed by atoms with van der Waals surface area (Å²) in [4.78, 5) is 45.3. The van der Waals surface area contributed by atoms with E-state index in [1.807, 2.05) is 6.07 Å². The lowest BCUT2D eigenvalue weighted by molar-refractivity contribution is -0.384. The number of imidazole rings is 1. The SMILES string of the molecule is CCN(CC)CCCN1C(=O)C(=O)/C(=C(/O)c2c(C)nc3ccccn23)[C@H]1c1ccc([N+](=O)[O-])cc1. The number of non-ortho nitro benzene ring substituents is 1. The molecule has 10 nitrogen and oxygen atoms in total. The maximum Gasteiger partial charge on any atom is 0.295 e. The smallest absolute Gasteiger partial charge is 0.295 e. The number of nitro groups is 1. The maximum absolute atomic E-state index is 13.3. The van der Waals surface area contributed by atoms with E-state index in [-0.39, 0.29) is 17.0 Å². The third-order valence-electron chi connectivity index (χ3n) is 6.66. The highest BCUT2D eigenvalue weighted by Crippen LogP contribution is 2.40. The molecule has 1 N–H and O–H groups in total. The fourth-order valence-electron chi connectivity index (χ4n) is 4.77. The first-order valence-electron chi connectivity index (χ1n) is 12.0. The van der Waals surface area contributed by atoms with Gasteiger partial charge in [-0.3, -0.25) is 24.1 Å². The van der Waals surface area contributed by atoms with E-state index in [0.717, 1.165) is 19.6 Å². The van der Waals surface area contributed by atoms with Crippen molar-refractivity contribution in [3.8, 4) is 0 Å². The molecule has 1 fully saturated rings. The average Bonchev–Trinajstić information content (AvgIpc) is 3.34. The molecule has 0 aliphatic carbocycles. The Morgan fingerprint density at radius 1 is 1.14 bits per heavy atom. The number of likely N-dealkylation sites (tertiary alicyclic amines) is 1. The number of aryl methyl sites for hydroxylation is 1. The summed E-state index contributed by atoms with van der Waals surface area (Å²) in [5, 5.41) is 22.6. The van der Waals surface area contributed by atoms with Crippen molar-refractivity contribution in [2.75, 3.05) is 26.2 Å². The average molecular weight is 492 g/mol. The van der Waals surface area contributed by atoms with Crippen molar-refractivity contribution in [3.63, 3.8) is 0 Å². The fourth-order valence-corrected chi connectivity index (χ4v) is 4.77. The molecule has 188 valence electrons. The van der Waals surface area contributed by atoms with Crippen molar-refractivity contribution in [1.29, 1.82) is 0 Å². The summed E-state index contributed by atoms with van der Waals surface area (Å²) in [6.45, 7) is 8.63. The van der Waals surface area contributed by atoms with E-state index in [4.69, 9.17) is 0 Å². The number of rotatable bonds is 9. The van der Waals surface area contributed by atoms with E-state index in [0.29, 0.717) is 35.6 Å². The van der Waals surface area contributed by atoms with Gasteiger partial charge in [0.05, 0.1) is 22.2 Å². The highest BCUT2D eigenvalue weighted by atomic mass is 16.6. The molecule has 1 amide bonds. The van der Waals surface area contributed by atoms with Crippen LogP contribution in [0.4, 0.5) is 5.69 Å². The number of hydrogen-bond acceptors (Lipinski definition) is 7. The number of nitrogens with zero attached hydrogens (tertiary/aromatic N) is 5. The Hall–Kier alpha value is -4.05. The molecule has 1 aromatic carbocycles. The van der Waals surface area contributed by atoms with Crippen LogP contribution in [0.15, 0.2) is 54.2 Å². The largest absolute Gasteiger partial charge is 0.505 e. The molecule has 1 aliphatic rings. The van der Waals surface area contributed by atoms with Gasteiger partial charge >= 0.3 is 0 Å². The molecular weight excluding hydrogens is 462 g/mol. The van der Waals surface area contributed by atoms with Gasteiger partial charge in [0.1, 0.15) is 11.3 Å². The minimum absolute atomic E-state index is 0.0505. The normalized spacial score (nSPS) is 17.4. The van der Waals surface area contributed by atoms with Gasteiger partial charge in [0.15, 0.2) is 5.76 Å².